The van der Waals surface area contributed by atoms with E-state index in [1.807, 2.05) is 0 Å². The van der Waals surface area contributed by atoms with Gasteiger partial charge in [-0.1, -0.05) is 273 Å². The number of hydrogen-bond acceptors (Lipinski definition) is 0. The van der Waals surface area contributed by atoms with Crippen molar-refractivity contribution >= 4 is 70.7 Å². The first-order valence-electron chi connectivity index (χ1n) is 52.7. The summed E-state index contributed by atoms with van der Waals surface area (Å²) in [5.74, 6) is 0. The summed E-state index contributed by atoms with van der Waals surface area (Å²) in [7, 11) is 0. The molecule has 0 fully saturated rings. The van der Waals surface area contributed by atoms with E-state index in [0.29, 0.717) is 0 Å². The van der Waals surface area contributed by atoms with Gasteiger partial charge in [0.15, 0.2) is 0 Å². The maximum absolute atomic E-state index is 2.51. The van der Waals surface area contributed by atoms with Gasteiger partial charge in [0.1, 0.15) is 0 Å². The molecule has 0 aliphatic heterocycles. The Kier molecular flexibility index (Phi) is 23.3. The second-order valence-corrected chi connectivity index (χ2v) is 43.1. The van der Waals surface area contributed by atoms with Crippen LogP contribution in [0.15, 0.2) is 285 Å². The summed E-state index contributed by atoms with van der Waals surface area (Å²) in [6.07, 6.45) is 9.88. The van der Waals surface area contributed by atoms with E-state index >= 15 is 0 Å². The molecule has 145 heavy (non-hydrogen) atoms. The lowest BCUT2D eigenvalue weighted by Crippen LogP contribution is -2.04. The molecule has 0 unspecified atom stereocenters. The van der Waals surface area contributed by atoms with Crippen molar-refractivity contribution in [2.24, 2.45) is 0 Å². The Morgan fingerprint density at radius 1 is 0.138 bits per heavy atom. The molecular weight excluding hydrogens is 1740 g/mol. The van der Waals surface area contributed by atoms with Crippen molar-refractivity contribution in [1.29, 1.82) is 0 Å². The first kappa shape index (κ1) is 93.6. The highest BCUT2D eigenvalue weighted by Crippen LogP contribution is 2.59. The highest BCUT2D eigenvalue weighted by molar-refractivity contribution is 6.30. The zero-order valence-corrected chi connectivity index (χ0v) is 89.2. The van der Waals surface area contributed by atoms with E-state index in [4.69, 9.17) is 0 Å². The summed E-state index contributed by atoms with van der Waals surface area (Å²) in [5.41, 5.74) is 76.8. The van der Waals surface area contributed by atoms with Crippen LogP contribution < -0.4 is 0 Å². The molecule has 0 saturated heterocycles. The SMILES string of the molecule is Cc1c(C)c(C)c2c(-c3ccc4c(c3)-c3ccccc3C4)c3c(C)c(C)c(C)c(C)c3c(-c3ccc4c(c3)CCC=C4)c2c1C.Cc1c(C)c(C)c2c(-c3ccccc3-c3ccc(-c4ccccc4)cc3)c3c(C)c(C)c(C)c(C)c3c(-c3ccc4c(c3)-c3ccccc3C4)c2c1C.Cc1c(C)c(C)c2c(-c3ccccc3-c3ccccc3)c3c(C)c(C)c(C)c(C)c3c(-c3ccc4c(c3)-c3ccccc3C4)c2c1C. The fraction of sp³-hybridized carbons (Fsp3) is 0.200. The summed E-state index contributed by atoms with van der Waals surface area (Å²) in [4.78, 5) is 0. The first-order valence-corrected chi connectivity index (χ1v) is 52.7. The number of rotatable bonds is 9. The molecule has 0 amide bonds. The molecule has 0 heterocycles. The van der Waals surface area contributed by atoms with Crippen LogP contribution in [0.2, 0.25) is 0 Å². The zero-order chi connectivity index (χ0) is 101. The summed E-state index contributed by atoms with van der Waals surface area (Å²) < 4.78 is 0. The lowest BCUT2D eigenvalue weighted by Gasteiger charge is -2.28. The molecule has 25 rings (SSSR count). The maximum atomic E-state index is 2.51. The normalized spacial score (nSPS) is 12.5. The number of fused-ring (bicyclic) bond motifs is 16. The van der Waals surface area contributed by atoms with Gasteiger partial charge in [-0.15, -0.1) is 0 Å². The molecule has 0 N–H and O–H groups in total. The van der Waals surface area contributed by atoms with Gasteiger partial charge in [0, 0.05) is 0 Å². The molecule has 4 aliphatic carbocycles. The van der Waals surface area contributed by atoms with Crippen LogP contribution in [-0.2, 0) is 25.7 Å². The van der Waals surface area contributed by atoms with Gasteiger partial charge in [-0.3, -0.25) is 0 Å². The van der Waals surface area contributed by atoms with E-state index in [1.165, 1.54) is 376 Å². The standard InChI is InChI=1S/C53H46.C47H42.C45H42/c1-30-32(3)36(7)50-48(34(30)5)52(43-27-26-42-28-41-18-12-13-20-45(41)47(42)29-43)49-35(6)31(2)33(4)37(8)51(49)53(50)46-21-15-14-19-44(46)40-24-22-39(23-25-40)38-16-10-9-11-17-38;1-26-28(3)32(7)44-42(30(26)5)46(37-23-22-36-24-35-18-12-13-20-39(35)41(36)25-37)43-31(6)27(2)29(4)33(8)45(43)47(44)40-21-15-14-19-38(40)34-16-10-9-11-17-34;1-24-26(3)30(7)42-40(28(24)5)44(36-19-17-32-13-9-10-14-33(32)21-36)41-29(6)25(2)27(4)31(8)43(41)45(42)37-20-18-35-22-34-15-11-12-16-38(34)39(35)23-37/h9-27,29H,28H2,1-8H3;9-23,25H,24H2,1-8H3;9,11-13,15-21,23H,10,14,22H2,1-8H3. The van der Waals surface area contributed by atoms with Gasteiger partial charge in [-0.2, -0.15) is 0 Å². The van der Waals surface area contributed by atoms with E-state index < -0.39 is 0 Å². The van der Waals surface area contributed by atoms with Crippen molar-refractivity contribution in [3.05, 3.63) is 463 Å². The van der Waals surface area contributed by atoms with Gasteiger partial charge >= 0.3 is 0 Å². The fourth-order valence-electron chi connectivity index (χ4n) is 26.5. The Labute approximate surface area is 859 Å². The number of benzene rings is 21. The number of hydrogen-bond donors (Lipinski definition) is 0. The van der Waals surface area contributed by atoms with Crippen LogP contribution in [0.1, 0.15) is 184 Å². The highest BCUT2D eigenvalue weighted by atomic mass is 14.4. The topological polar surface area (TPSA) is 0 Å². The first-order chi connectivity index (χ1) is 70.0. The highest BCUT2D eigenvalue weighted by Gasteiger charge is 2.35. The Bertz CT molecular complexity index is 8980. The van der Waals surface area contributed by atoms with Crippen molar-refractivity contribution in [3.8, 4) is 134 Å². The maximum Gasteiger partial charge on any atom is -0.00134 e. The molecule has 21 aromatic carbocycles. The number of allylic oxidation sites excluding steroid dienone is 1. The van der Waals surface area contributed by atoms with Crippen LogP contribution in [0, 0.1) is 166 Å². The van der Waals surface area contributed by atoms with Gasteiger partial charge in [-0.25, -0.2) is 0 Å². The smallest absolute Gasteiger partial charge is 0.00134 e. The third-order valence-electron chi connectivity index (χ3n) is 36.5. The molecule has 0 nitrogen and oxygen atoms in total. The van der Waals surface area contributed by atoms with Gasteiger partial charge in [0.05, 0.1) is 0 Å². The summed E-state index contributed by atoms with van der Waals surface area (Å²) in [6, 6.07) is 105. The minimum Gasteiger partial charge on any atom is -0.0836 e. The second-order valence-electron chi connectivity index (χ2n) is 43.1. The Morgan fingerprint density at radius 2 is 0.345 bits per heavy atom. The van der Waals surface area contributed by atoms with E-state index in [2.05, 4.69) is 457 Å². The molecule has 710 valence electrons. The van der Waals surface area contributed by atoms with Crippen LogP contribution >= 0.6 is 0 Å². The lowest BCUT2D eigenvalue weighted by atomic mass is 9.75. The molecule has 0 radical (unpaired) electrons. The van der Waals surface area contributed by atoms with E-state index in [-0.39, 0.29) is 0 Å². The molecular formula is C145H130. The molecule has 4 aliphatic rings. The molecule has 0 spiro atoms. The lowest BCUT2D eigenvalue weighted by molar-refractivity contribution is 0.986. The van der Waals surface area contributed by atoms with Crippen molar-refractivity contribution in [2.75, 3.05) is 0 Å². The molecule has 0 bridgehead atoms. The fourth-order valence-corrected chi connectivity index (χ4v) is 26.5. The average Bonchev–Trinajstić information content (AvgIpc) is 1.24. The third kappa shape index (κ3) is 14.6. The predicted molar refractivity (Wildman–Crippen MR) is 629 cm³/mol. The van der Waals surface area contributed by atoms with Crippen molar-refractivity contribution in [1.82, 2.24) is 0 Å². The van der Waals surface area contributed by atoms with Crippen molar-refractivity contribution in [2.45, 2.75) is 198 Å². The molecule has 0 saturated carbocycles. The molecule has 0 atom stereocenters. The van der Waals surface area contributed by atoms with Crippen molar-refractivity contribution < 1.29 is 0 Å². The predicted octanol–water partition coefficient (Wildman–Crippen LogP) is 40.1. The van der Waals surface area contributed by atoms with E-state index in [1.54, 1.807) is 0 Å². The Morgan fingerprint density at radius 3 is 0.641 bits per heavy atom. The summed E-state index contributed by atoms with van der Waals surface area (Å²) in [6.45, 7) is 56.2. The second kappa shape index (κ2) is 36.0. The monoisotopic (exact) mass is 1870 g/mol. The Hall–Kier alpha value is -15.1. The number of aryl methyl sites for hydroxylation is 13. The summed E-state index contributed by atoms with van der Waals surface area (Å²) in [5, 5.41) is 16.8. The van der Waals surface area contributed by atoms with Crippen LogP contribution in [0.3, 0.4) is 0 Å². The molecule has 21 aromatic rings. The van der Waals surface area contributed by atoms with E-state index in [9.17, 15) is 0 Å². The van der Waals surface area contributed by atoms with Crippen LogP contribution in [0.5, 0.6) is 0 Å². The molecule has 0 heteroatoms. The van der Waals surface area contributed by atoms with Gasteiger partial charge in [-0.05, 0) is 593 Å². The zero-order valence-electron chi connectivity index (χ0n) is 89.2. The van der Waals surface area contributed by atoms with E-state index in [0.717, 1.165) is 32.1 Å². The van der Waals surface area contributed by atoms with Crippen LogP contribution in [0.4, 0.5) is 0 Å². The van der Waals surface area contributed by atoms with Gasteiger partial charge < -0.3 is 0 Å². The molecule has 0 aromatic heterocycles. The largest absolute Gasteiger partial charge is 0.0836 e. The minimum absolute atomic E-state index is 1.00. The third-order valence-corrected chi connectivity index (χ3v) is 36.5. The quantitative estimate of drug-likeness (QED) is 0.126. The van der Waals surface area contributed by atoms with Crippen LogP contribution in [-0.4, -0.2) is 0 Å². The Balaban J connectivity index is 0.000000121. The van der Waals surface area contributed by atoms with Crippen molar-refractivity contribution in [3.63, 3.8) is 0 Å². The van der Waals surface area contributed by atoms with Crippen LogP contribution in [0.25, 0.3) is 204 Å². The minimum atomic E-state index is 1.00. The summed E-state index contributed by atoms with van der Waals surface area (Å²) >= 11 is 0. The average molecular weight is 1870 g/mol. The van der Waals surface area contributed by atoms with Gasteiger partial charge in [0.2, 0.25) is 0 Å². The van der Waals surface area contributed by atoms with Gasteiger partial charge in [0.25, 0.3) is 0 Å².